The normalized spacial score (nSPS) is 10.5. The zero-order valence-electron chi connectivity index (χ0n) is 8.23. The molecule has 0 spiro atoms. The second-order valence-electron chi connectivity index (χ2n) is 3.33. The van der Waals surface area contributed by atoms with Crippen molar-refractivity contribution in [1.82, 2.24) is 0 Å². The van der Waals surface area contributed by atoms with Crippen molar-refractivity contribution in [3.05, 3.63) is 34.6 Å². The Morgan fingerprint density at radius 3 is 2.54 bits per heavy atom. The molecule has 0 bridgehead atoms. The smallest absolute Gasteiger partial charge is 0.126 e. The Morgan fingerprint density at radius 2 is 2.08 bits per heavy atom. The van der Waals surface area contributed by atoms with Crippen molar-refractivity contribution in [2.45, 2.75) is 33.2 Å². The summed E-state index contributed by atoms with van der Waals surface area (Å²) in [5.41, 5.74) is 8.16. The van der Waals surface area contributed by atoms with Gasteiger partial charge in [-0.3, -0.25) is 0 Å². The molecule has 2 N–H and O–H groups in total. The highest BCUT2D eigenvalue weighted by Crippen LogP contribution is 2.17. The number of halogens is 1. The Balaban J connectivity index is 3.07. The lowest BCUT2D eigenvalue weighted by Crippen LogP contribution is -2.01. The highest BCUT2D eigenvalue weighted by Gasteiger charge is 2.06. The quantitative estimate of drug-likeness (QED) is 0.762. The summed E-state index contributed by atoms with van der Waals surface area (Å²) in [6, 6.07) is 3.51. The summed E-state index contributed by atoms with van der Waals surface area (Å²) in [5, 5.41) is 0. The summed E-state index contributed by atoms with van der Waals surface area (Å²) < 4.78 is 13.4. The number of hydrogen-bond acceptors (Lipinski definition) is 1. The Bertz CT molecular complexity index is 271. The molecule has 0 saturated carbocycles. The van der Waals surface area contributed by atoms with Gasteiger partial charge in [-0.15, -0.1) is 0 Å². The highest BCUT2D eigenvalue weighted by atomic mass is 19.1. The van der Waals surface area contributed by atoms with E-state index in [0.717, 1.165) is 29.5 Å². The zero-order chi connectivity index (χ0) is 9.84. The van der Waals surface area contributed by atoms with Gasteiger partial charge in [0.1, 0.15) is 5.82 Å². The Hall–Kier alpha value is -0.890. The maximum Gasteiger partial charge on any atom is 0.126 e. The van der Waals surface area contributed by atoms with Crippen molar-refractivity contribution in [3.63, 3.8) is 0 Å². The molecule has 1 rings (SSSR count). The minimum absolute atomic E-state index is 0.109. The molecule has 0 aromatic heterocycles. The summed E-state index contributed by atoms with van der Waals surface area (Å²) in [4.78, 5) is 0. The Labute approximate surface area is 78.8 Å². The van der Waals surface area contributed by atoms with Crippen LogP contribution in [0.2, 0.25) is 0 Å². The van der Waals surface area contributed by atoms with E-state index in [2.05, 4.69) is 6.92 Å². The van der Waals surface area contributed by atoms with Gasteiger partial charge in [0.05, 0.1) is 0 Å². The Morgan fingerprint density at radius 1 is 1.38 bits per heavy atom. The third-order valence-electron chi connectivity index (χ3n) is 2.21. The van der Waals surface area contributed by atoms with Gasteiger partial charge in [0.2, 0.25) is 0 Å². The highest BCUT2D eigenvalue weighted by molar-refractivity contribution is 5.32. The van der Waals surface area contributed by atoms with Crippen LogP contribution in [0.4, 0.5) is 4.39 Å². The standard InChI is InChI=1S/C11H16FN/c1-3-4-10-8(2)5-9(7-13)6-11(10)12/h5-6H,3-4,7,13H2,1-2H3. The largest absolute Gasteiger partial charge is 0.326 e. The summed E-state index contributed by atoms with van der Waals surface area (Å²) >= 11 is 0. The first-order valence-electron chi connectivity index (χ1n) is 4.67. The van der Waals surface area contributed by atoms with Gasteiger partial charge in [-0.1, -0.05) is 19.4 Å². The molecular formula is C11H16FN. The van der Waals surface area contributed by atoms with Crippen LogP contribution in [0, 0.1) is 12.7 Å². The van der Waals surface area contributed by atoms with Crippen molar-refractivity contribution in [1.29, 1.82) is 0 Å². The van der Waals surface area contributed by atoms with Crippen LogP contribution in [0.25, 0.3) is 0 Å². The van der Waals surface area contributed by atoms with Crippen LogP contribution in [-0.4, -0.2) is 0 Å². The van der Waals surface area contributed by atoms with Crippen LogP contribution in [-0.2, 0) is 13.0 Å². The van der Waals surface area contributed by atoms with E-state index >= 15 is 0 Å². The van der Waals surface area contributed by atoms with E-state index in [0.29, 0.717) is 6.54 Å². The summed E-state index contributed by atoms with van der Waals surface area (Å²) in [5.74, 6) is -0.109. The van der Waals surface area contributed by atoms with Crippen molar-refractivity contribution in [2.24, 2.45) is 5.73 Å². The number of hydrogen-bond donors (Lipinski definition) is 1. The van der Waals surface area contributed by atoms with Gasteiger partial charge in [0.15, 0.2) is 0 Å². The van der Waals surface area contributed by atoms with Gasteiger partial charge in [0, 0.05) is 6.54 Å². The van der Waals surface area contributed by atoms with E-state index in [4.69, 9.17) is 5.73 Å². The molecule has 0 aliphatic heterocycles. The minimum Gasteiger partial charge on any atom is -0.326 e. The zero-order valence-corrected chi connectivity index (χ0v) is 8.23. The lowest BCUT2D eigenvalue weighted by atomic mass is 10.0. The predicted octanol–water partition coefficient (Wildman–Crippen LogP) is 2.55. The van der Waals surface area contributed by atoms with Crippen molar-refractivity contribution >= 4 is 0 Å². The average Bonchev–Trinajstić information content (AvgIpc) is 2.11. The van der Waals surface area contributed by atoms with Gasteiger partial charge in [-0.05, 0) is 36.1 Å². The molecule has 1 aromatic carbocycles. The molecule has 0 atom stereocenters. The number of rotatable bonds is 3. The van der Waals surface area contributed by atoms with Crippen molar-refractivity contribution in [3.8, 4) is 0 Å². The molecule has 2 heteroatoms. The van der Waals surface area contributed by atoms with Gasteiger partial charge in [-0.25, -0.2) is 4.39 Å². The van der Waals surface area contributed by atoms with Gasteiger partial charge < -0.3 is 5.73 Å². The number of nitrogens with two attached hydrogens (primary N) is 1. The molecule has 0 aliphatic carbocycles. The molecule has 0 aliphatic rings. The molecule has 0 unspecified atom stereocenters. The summed E-state index contributed by atoms with van der Waals surface area (Å²) in [6.45, 7) is 4.40. The Kier molecular flexibility index (Phi) is 3.43. The number of aryl methyl sites for hydroxylation is 1. The van der Waals surface area contributed by atoms with Crippen LogP contribution in [0.3, 0.4) is 0 Å². The van der Waals surface area contributed by atoms with Crippen molar-refractivity contribution in [2.75, 3.05) is 0 Å². The molecule has 72 valence electrons. The summed E-state index contributed by atoms with van der Waals surface area (Å²) in [6.07, 6.45) is 1.78. The fourth-order valence-electron chi connectivity index (χ4n) is 1.53. The lowest BCUT2D eigenvalue weighted by molar-refractivity contribution is 0.603. The molecule has 0 radical (unpaired) electrons. The van der Waals surface area contributed by atoms with Gasteiger partial charge in [-0.2, -0.15) is 0 Å². The molecule has 0 heterocycles. The van der Waals surface area contributed by atoms with Crippen LogP contribution < -0.4 is 5.73 Å². The molecular weight excluding hydrogens is 165 g/mol. The minimum atomic E-state index is -0.109. The van der Waals surface area contributed by atoms with Crippen LogP contribution in [0.15, 0.2) is 12.1 Å². The van der Waals surface area contributed by atoms with Gasteiger partial charge in [0.25, 0.3) is 0 Å². The molecule has 13 heavy (non-hydrogen) atoms. The van der Waals surface area contributed by atoms with E-state index in [9.17, 15) is 4.39 Å². The first-order valence-corrected chi connectivity index (χ1v) is 4.67. The molecule has 0 saturated heterocycles. The third kappa shape index (κ3) is 2.28. The first kappa shape index (κ1) is 10.2. The monoisotopic (exact) mass is 181 g/mol. The second kappa shape index (κ2) is 4.38. The fraction of sp³-hybridized carbons (Fsp3) is 0.455. The molecule has 0 amide bonds. The number of benzene rings is 1. The third-order valence-corrected chi connectivity index (χ3v) is 2.21. The van der Waals surface area contributed by atoms with E-state index in [1.165, 1.54) is 6.07 Å². The molecule has 1 nitrogen and oxygen atoms in total. The average molecular weight is 181 g/mol. The predicted molar refractivity (Wildman–Crippen MR) is 53.0 cm³/mol. The first-order chi connectivity index (χ1) is 6.19. The maximum atomic E-state index is 13.4. The van der Waals surface area contributed by atoms with Crippen LogP contribution in [0.5, 0.6) is 0 Å². The SMILES string of the molecule is CCCc1c(C)cc(CN)cc1F. The van der Waals surface area contributed by atoms with Gasteiger partial charge >= 0.3 is 0 Å². The molecule has 1 aromatic rings. The lowest BCUT2D eigenvalue weighted by Gasteiger charge is -2.08. The topological polar surface area (TPSA) is 26.0 Å². The van der Waals surface area contributed by atoms with E-state index in [1.54, 1.807) is 0 Å². The maximum absolute atomic E-state index is 13.4. The molecule has 0 fully saturated rings. The fourth-order valence-corrected chi connectivity index (χ4v) is 1.53. The van der Waals surface area contributed by atoms with Crippen LogP contribution >= 0.6 is 0 Å². The van der Waals surface area contributed by atoms with Crippen molar-refractivity contribution < 1.29 is 4.39 Å². The van der Waals surface area contributed by atoms with E-state index in [1.807, 2.05) is 13.0 Å². The van der Waals surface area contributed by atoms with E-state index < -0.39 is 0 Å². The van der Waals surface area contributed by atoms with Crippen LogP contribution in [0.1, 0.15) is 30.0 Å². The summed E-state index contributed by atoms with van der Waals surface area (Å²) in [7, 11) is 0. The van der Waals surface area contributed by atoms with E-state index in [-0.39, 0.29) is 5.82 Å². The second-order valence-corrected chi connectivity index (χ2v) is 3.33.